The molecular formula is C12H16O4. The first kappa shape index (κ1) is 11.4. The summed E-state index contributed by atoms with van der Waals surface area (Å²) in [5.41, 5.74) is 1.07. The van der Waals surface area contributed by atoms with Gasteiger partial charge in [-0.25, -0.2) is 4.79 Å². The van der Waals surface area contributed by atoms with E-state index in [1.54, 1.807) is 6.08 Å². The Balaban J connectivity index is 1.98. The van der Waals surface area contributed by atoms with E-state index in [0.717, 1.165) is 18.4 Å². The molecule has 2 aliphatic rings. The van der Waals surface area contributed by atoms with Gasteiger partial charge >= 0.3 is 5.97 Å². The highest BCUT2D eigenvalue weighted by Gasteiger charge is 2.38. The predicted octanol–water partition coefficient (Wildman–Crippen LogP) is 1.57. The Morgan fingerprint density at radius 3 is 2.94 bits per heavy atom. The average Bonchev–Trinajstić information content (AvgIpc) is 2.74. The summed E-state index contributed by atoms with van der Waals surface area (Å²) in [4.78, 5) is 11.0. The van der Waals surface area contributed by atoms with Crippen molar-refractivity contribution in [2.75, 3.05) is 20.3 Å². The van der Waals surface area contributed by atoms with Crippen LogP contribution < -0.4 is 0 Å². The number of carbonyl (C=O) groups excluding carboxylic acids is 1. The van der Waals surface area contributed by atoms with E-state index in [2.05, 4.69) is 10.8 Å². The molecule has 0 unspecified atom stereocenters. The molecule has 0 aromatic rings. The molecule has 0 N–H and O–H groups in total. The molecule has 4 nitrogen and oxygen atoms in total. The molecule has 16 heavy (non-hydrogen) atoms. The zero-order chi connectivity index (χ0) is 11.4. The predicted molar refractivity (Wildman–Crippen MR) is 57.7 cm³/mol. The van der Waals surface area contributed by atoms with Crippen LogP contribution >= 0.6 is 0 Å². The fraction of sp³-hybridized carbons (Fsp3) is 0.583. The first-order valence-corrected chi connectivity index (χ1v) is 5.47. The van der Waals surface area contributed by atoms with Gasteiger partial charge in [0.15, 0.2) is 5.79 Å². The van der Waals surface area contributed by atoms with Crippen molar-refractivity contribution in [3.63, 3.8) is 0 Å². The fourth-order valence-electron chi connectivity index (χ4n) is 2.06. The fourth-order valence-corrected chi connectivity index (χ4v) is 2.06. The van der Waals surface area contributed by atoms with E-state index in [9.17, 15) is 4.79 Å². The minimum atomic E-state index is -0.440. The van der Waals surface area contributed by atoms with Crippen molar-refractivity contribution < 1.29 is 19.0 Å². The van der Waals surface area contributed by atoms with Crippen molar-refractivity contribution >= 4 is 5.97 Å². The maximum Gasteiger partial charge on any atom is 0.330 e. The lowest BCUT2D eigenvalue weighted by Crippen LogP contribution is -2.32. The Kier molecular flexibility index (Phi) is 3.41. The van der Waals surface area contributed by atoms with Crippen molar-refractivity contribution in [1.82, 2.24) is 0 Å². The summed E-state index contributed by atoms with van der Waals surface area (Å²) in [6.07, 6.45) is 7.83. The number of allylic oxidation sites excluding steroid dienone is 2. The summed E-state index contributed by atoms with van der Waals surface area (Å²) in [7, 11) is 1.37. The van der Waals surface area contributed by atoms with Gasteiger partial charge in [-0.2, -0.15) is 0 Å². The lowest BCUT2D eigenvalue weighted by atomic mass is 9.93. The van der Waals surface area contributed by atoms with Crippen molar-refractivity contribution in [2.45, 2.75) is 25.0 Å². The van der Waals surface area contributed by atoms with E-state index < -0.39 is 5.79 Å². The van der Waals surface area contributed by atoms with Gasteiger partial charge in [-0.1, -0.05) is 12.2 Å². The quantitative estimate of drug-likeness (QED) is 0.527. The molecule has 0 atom stereocenters. The van der Waals surface area contributed by atoms with E-state index in [-0.39, 0.29) is 5.97 Å². The Labute approximate surface area is 94.9 Å². The van der Waals surface area contributed by atoms with Crippen LogP contribution in [0, 0.1) is 0 Å². The van der Waals surface area contributed by atoms with Gasteiger partial charge in [-0.3, -0.25) is 0 Å². The van der Waals surface area contributed by atoms with E-state index in [1.807, 2.05) is 0 Å². The van der Waals surface area contributed by atoms with Gasteiger partial charge in [-0.15, -0.1) is 0 Å². The van der Waals surface area contributed by atoms with E-state index >= 15 is 0 Å². The lowest BCUT2D eigenvalue weighted by molar-refractivity contribution is -0.162. The minimum absolute atomic E-state index is 0.339. The number of methoxy groups -OCH3 is 1. The van der Waals surface area contributed by atoms with Gasteiger partial charge in [0.25, 0.3) is 0 Å². The van der Waals surface area contributed by atoms with Gasteiger partial charge < -0.3 is 14.2 Å². The second kappa shape index (κ2) is 4.80. The topological polar surface area (TPSA) is 44.8 Å². The Hall–Kier alpha value is -1.13. The average molecular weight is 224 g/mol. The molecule has 1 aliphatic carbocycles. The van der Waals surface area contributed by atoms with Gasteiger partial charge in [0.1, 0.15) is 0 Å². The molecule has 4 heteroatoms. The summed E-state index contributed by atoms with van der Waals surface area (Å²) >= 11 is 0. The van der Waals surface area contributed by atoms with Crippen LogP contribution in [0.5, 0.6) is 0 Å². The highest BCUT2D eigenvalue weighted by molar-refractivity contribution is 5.82. The molecule has 0 radical (unpaired) electrons. The van der Waals surface area contributed by atoms with Gasteiger partial charge in [0.05, 0.1) is 20.3 Å². The monoisotopic (exact) mass is 224 g/mol. The van der Waals surface area contributed by atoms with Gasteiger partial charge in [0, 0.05) is 18.9 Å². The Morgan fingerprint density at radius 1 is 1.50 bits per heavy atom. The molecule has 0 saturated carbocycles. The molecule has 0 bridgehead atoms. The normalized spacial score (nSPS) is 23.7. The molecule has 1 heterocycles. The highest BCUT2D eigenvalue weighted by Crippen LogP contribution is 2.35. The Morgan fingerprint density at radius 2 is 2.25 bits per heavy atom. The van der Waals surface area contributed by atoms with Crippen LogP contribution in [-0.2, 0) is 19.0 Å². The van der Waals surface area contributed by atoms with Crippen molar-refractivity contribution in [1.29, 1.82) is 0 Å². The summed E-state index contributed by atoms with van der Waals surface area (Å²) in [5.74, 6) is -0.779. The third-order valence-electron chi connectivity index (χ3n) is 2.85. The second-order valence-electron chi connectivity index (χ2n) is 3.96. The molecule has 2 rings (SSSR count). The third kappa shape index (κ3) is 2.51. The summed E-state index contributed by atoms with van der Waals surface area (Å²) in [5, 5.41) is 0. The molecule has 1 aliphatic heterocycles. The van der Waals surface area contributed by atoms with Crippen LogP contribution in [0.3, 0.4) is 0 Å². The summed E-state index contributed by atoms with van der Waals surface area (Å²) in [6, 6.07) is 0. The molecule has 1 saturated heterocycles. The number of hydrogen-bond donors (Lipinski definition) is 0. The molecule has 0 amide bonds. The number of ether oxygens (including phenoxy) is 3. The lowest BCUT2D eigenvalue weighted by Gasteiger charge is -2.30. The SMILES string of the molecule is COC(=O)/C=C/C1=CCCC2(C1)OCCO2. The van der Waals surface area contributed by atoms with Crippen LogP contribution in [0.4, 0.5) is 0 Å². The molecular weight excluding hydrogens is 208 g/mol. The third-order valence-corrected chi connectivity index (χ3v) is 2.85. The molecule has 1 spiro atoms. The standard InChI is InChI=1S/C12H16O4/c1-14-11(13)5-4-10-3-2-6-12(9-10)15-7-8-16-12/h3-5H,2,6-9H2,1H3/b5-4+. The van der Waals surface area contributed by atoms with Crippen LogP contribution in [0.1, 0.15) is 19.3 Å². The highest BCUT2D eigenvalue weighted by atomic mass is 16.7. The second-order valence-corrected chi connectivity index (χ2v) is 3.96. The van der Waals surface area contributed by atoms with E-state index in [4.69, 9.17) is 9.47 Å². The van der Waals surface area contributed by atoms with E-state index in [1.165, 1.54) is 13.2 Å². The number of hydrogen-bond acceptors (Lipinski definition) is 4. The van der Waals surface area contributed by atoms with Crippen LogP contribution in [0.25, 0.3) is 0 Å². The number of esters is 1. The van der Waals surface area contributed by atoms with Crippen molar-refractivity contribution in [3.8, 4) is 0 Å². The minimum Gasteiger partial charge on any atom is -0.466 e. The molecule has 88 valence electrons. The summed E-state index contributed by atoms with van der Waals surface area (Å²) in [6.45, 7) is 1.32. The van der Waals surface area contributed by atoms with Gasteiger partial charge in [-0.05, 0) is 12.0 Å². The van der Waals surface area contributed by atoms with Crippen molar-refractivity contribution in [3.05, 3.63) is 23.8 Å². The molecule has 0 aromatic carbocycles. The van der Waals surface area contributed by atoms with Crippen molar-refractivity contribution in [2.24, 2.45) is 0 Å². The number of rotatable bonds is 2. The van der Waals surface area contributed by atoms with Crippen LogP contribution in [0.2, 0.25) is 0 Å². The largest absolute Gasteiger partial charge is 0.466 e. The zero-order valence-electron chi connectivity index (χ0n) is 9.40. The first-order chi connectivity index (χ1) is 7.74. The maximum atomic E-state index is 11.0. The maximum absolute atomic E-state index is 11.0. The van der Waals surface area contributed by atoms with Crippen LogP contribution in [-0.4, -0.2) is 32.1 Å². The molecule has 0 aromatic heterocycles. The smallest absolute Gasteiger partial charge is 0.330 e. The number of carbonyl (C=O) groups is 1. The zero-order valence-corrected chi connectivity index (χ0v) is 9.40. The first-order valence-electron chi connectivity index (χ1n) is 5.47. The molecule has 1 fully saturated rings. The summed E-state index contributed by atoms with van der Waals surface area (Å²) < 4.78 is 15.8. The Bertz CT molecular complexity index is 324. The van der Waals surface area contributed by atoms with E-state index in [0.29, 0.717) is 19.6 Å². The van der Waals surface area contributed by atoms with Crippen LogP contribution in [0.15, 0.2) is 23.8 Å². The van der Waals surface area contributed by atoms with Gasteiger partial charge in [0.2, 0.25) is 0 Å².